The number of nitrogens with one attached hydrogen (secondary N) is 2. The molecule has 4 rings (SSSR count). The van der Waals surface area contributed by atoms with Crippen molar-refractivity contribution in [2.24, 2.45) is 5.92 Å². The number of hydrogen-bond acceptors (Lipinski definition) is 10. The number of ether oxygens (including phenoxy) is 1. The van der Waals surface area contributed by atoms with Crippen LogP contribution in [0.15, 0.2) is 36.7 Å². The molecule has 0 amide bonds. The van der Waals surface area contributed by atoms with E-state index in [0.717, 1.165) is 12.8 Å². The van der Waals surface area contributed by atoms with Crippen LogP contribution in [0.4, 0.5) is 16.4 Å². The number of aryl methyl sites for hydroxylation is 1. The lowest BCUT2D eigenvalue weighted by molar-refractivity contribution is 0.0661. The normalized spacial score (nSPS) is 24.1. The van der Waals surface area contributed by atoms with Crippen LogP contribution in [0.25, 0.3) is 0 Å². The average molecular weight is 505 g/mol. The molecule has 35 heavy (non-hydrogen) atoms. The molecule has 0 unspecified atom stereocenters. The van der Waals surface area contributed by atoms with Crippen molar-refractivity contribution in [2.45, 2.75) is 70.2 Å². The summed E-state index contributed by atoms with van der Waals surface area (Å²) in [7, 11) is -4.54. The van der Waals surface area contributed by atoms with E-state index in [0.29, 0.717) is 24.5 Å². The third-order valence-electron chi connectivity index (χ3n) is 6.16. The van der Waals surface area contributed by atoms with E-state index >= 15 is 0 Å². The summed E-state index contributed by atoms with van der Waals surface area (Å²) in [6.45, 7) is 4.40. The predicted octanol–water partition coefficient (Wildman–Crippen LogP) is 3.41. The largest absolute Gasteiger partial charge is 0.452 e. The van der Waals surface area contributed by atoms with Gasteiger partial charge in [0.15, 0.2) is 0 Å². The molecule has 11 heteroatoms. The van der Waals surface area contributed by atoms with Gasteiger partial charge < -0.3 is 20.5 Å². The van der Waals surface area contributed by atoms with E-state index in [1.807, 2.05) is 12.1 Å². The number of benzene rings is 1. The maximum atomic E-state index is 12.1. The van der Waals surface area contributed by atoms with Crippen molar-refractivity contribution < 1.29 is 27.2 Å². The number of carbonyl (C=O) groups is 1. The molecule has 1 heterocycles. The summed E-state index contributed by atoms with van der Waals surface area (Å²) in [5.74, 6) is 0.846. The van der Waals surface area contributed by atoms with E-state index in [4.69, 9.17) is 8.92 Å². The third-order valence-corrected chi connectivity index (χ3v) is 7.10. The Morgan fingerprint density at radius 1 is 1.14 bits per heavy atom. The second-order valence-corrected chi connectivity index (χ2v) is 11.5. The summed E-state index contributed by atoms with van der Waals surface area (Å²) in [5.41, 5.74) is 1.67. The molecule has 0 bridgehead atoms. The van der Waals surface area contributed by atoms with E-state index in [1.165, 1.54) is 17.5 Å². The maximum Gasteiger partial charge on any atom is 0.452 e. The first-order valence-electron chi connectivity index (χ1n) is 11.7. The van der Waals surface area contributed by atoms with E-state index in [-0.39, 0.29) is 18.7 Å². The summed E-state index contributed by atoms with van der Waals surface area (Å²) in [6.07, 6.45) is 3.56. The van der Waals surface area contributed by atoms with Gasteiger partial charge in [-0.3, -0.25) is 4.18 Å². The van der Waals surface area contributed by atoms with Gasteiger partial charge in [0.2, 0.25) is 0 Å². The number of aliphatic hydroxyl groups excluding tert-OH is 1. The highest BCUT2D eigenvalue weighted by Crippen LogP contribution is 2.34. The fraction of sp³-hybridized carbons (Fsp3) is 0.542. The smallest absolute Gasteiger partial charge is 0.447 e. The number of hydrogen-bond donors (Lipinski definition) is 3. The van der Waals surface area contributed by atoms with Gasteiger partial charge in [0.1, 0.15) is 23.6 Å². The lowest BCUT2D eigenvalue weighted by atomic mass is 10.1. The quantitative estimate of drug-likeness (QED) is 0.379. The first-order valence-corrected chi connectivity index (χ1v) is 13.1. The monoisotopic (exact) mass is 504 g/mol. The van der Waals surface area contributed by atoms with Crippen LogP contribution < -0.4 is 10.6 Å². The number of aliphatic hydroxyl groups is 1. The average Bonchev–Trinajstić information content (AvgIpc) is 3.34. The van der Waals surface area contributed by atoms with Gasteiger partial charge in [-0.05, 0) is 57.6 Å². The van der Waals surface area contributed by atoms with Crippen molar-refractivity contribution in [3.05, 3.63) is 47.8 Å². The van der Waals surface area contributed by atoms with Gasteiger partial charge in [-0.1, -0.05) is 24.3 Å². The van der Waals surface area contributed by atoms with Crippen LogP contribution in [-0.4, -0.2) is 53.1 Å². The Labute approximate surface area is 205 Å². The number of aromatic nitrogens is 2. The highest BCUT2D eigenvalue weighted by atomic mass is 32.2. The zero-order valence-electron chi connectivity index (χ0n) is 20.1. The molecule has 3 N–H and O–H groups in total. The molecule has 1 aromatic heterocycles. The minimum absolute atomic E-state index is 0.141. The van der Waals surface area contributed by atoms with E-state index in [9.17, 15) is 18.3 Å². The van der Waals surface area contributed by atoms with Crippen molar-refractivity contribution in [2.75, 3.05) is 17.2 Å². The van der Waals surface area contributed by atoms with Crippen LogP contribution >= 0.6 is 0 Å². The molecular weight excluding hydrogens is 472 g/mol. The standard InChI is InChI=1S/C24H32N4O6S/c1-24(2,3)34-23(30)35(31,32)33-13-16-10-17(11-20(16)29)27-21-12-22(26-14-25-21)28-19-9-8-15-6-4-5-7-18(15)19/h4-7,12,14,16-17,19-20,29H,8-11,13H2,1-3H3,(H2,25,26,27,28)/t16-,17-,19+,20+/m1/s1. The van der Waals surface area contributed by atoms with E-state index in [2.05, 4.69) is 38.8 Å². The molecule has 0 aliphatic heterocycles. The van der Waals surface area contributed by atoms with Crippen molar-refractivity contribution >= 4 is 27.1 Å². The Morgan fingerprint density at radius 3 is 2.60 bits per heavy atom. The molecule has 0 radical (unpaired) electrons. The van der Waals surface area contributed by atoms with Crippen LogP contribution in [0.3, 0.4) is 0 Å². The van der Waals surface area contributed by atoms with Crippen molar-refractivity contribution in [3.63, 3.8) is 0 Å². The zero-order chi connectivity index (χ0) is 25.2. The Balaban J connectivity index is 1.31. The SMILES string of the molecule is CC(C)(C)OC(=O)S(=O)(=O)OC[C@H]1C[C@@H](Nc2cc(N[C@H]3CCc4ccccc43)ncn2)C[C@@H]1O. The first kappa shape index (κ1) is 25.3. The van der Waals surface area contributed by atoms with Crippen molar-refractivity contribution in [1.82, 2.24) is 9.97 Å². The Kier molecular flexibility index (Phi) is 7.30. The molecule has 1 saturated carbocycles. The third kappa shape index (κ3) is 6.47. The summed E-state index contributed by atoms with van der Waals surface area (Å²) in [4.78, 5) is 20.5. The van der Waals surface area contributed by atoms with Gasteiger partial charge >= 0.3 is 15.4 Å². The molecule has 10 nitrogen and oxygen atoms in total. The highest BCUT2D eigenvalue weighted by molar-refractivity contribution is 8.01. The van der Waals surface area contributed by atoms with Crippen LogP contribution in [-0.2, 0) is 25.5 Å². The van der Waals surface area contributed by atoms with Crippen molar-refractivity contribution in [3.8, 4) is 0 Å². The van der Waals surface area contributed by atoms with Gasteiger partial charge in [-0.15, -0.1) is 0 Å². The number of nitrogens with zero attached hydrogens (tertiary/aromatic N) is 2. The summed E-state index contributed by atoms with van der Waals surface area (Å²) >= 11 is 0. The van der Waals surface area contributed by atoms with E-state index in [1.54, 1.807) is 20.8 Å². The summed E-state index contributed by atoms with van der Waals surface area (Å²) < 4.78 is 33.9. The van der Waals surface area contributed by atoms with Gasteiger partial charge in [0.25, 0.3) is 0 Å². The maximum absolute atomic E-state index is 12.1. The summed E-state index contributed by atoms with van der Waals surface area (Å²) in [5, 5.41) is 15.7. The first-order chi connectivity index (χ1) is 16.5. The lowest BCUT2D eigenvalue weighted by Crippen LogP contribution is -2.30. The minimum atomic E-state index is -4.54. The number of carbonyl (C=O) groups excluding carboxylic acids is 1. The second kappa shape index (κ2) is 10.1. The molecule has 0 spiro atoms. The molecule has 4 atom stereocenters. The summed E-state index contributed by atoms with van der Waals surface area (Å²) in [6, 6.07) is 10.2. The van der Waals surface area contributed by atoms with Gasteiger partial charge in [0.05, 0.1) is 18.8 Å². The van der Waals surface area contributed by atoms with Gasteiger partial charge in [-0.2, -0.15) is 8.42 Å². The molecule has 1 aromatic carbocycles. The van der Waals surface area contributed by atoms with Crippen LogP contribution in [0.5, 0.6) is 0 Å². The number of fused-ring (bicyclic) bond motifs is 1. The second-order valence-electron chi connectivity index (χ2n) is 10.1. The molecule has 1 fully saturated rings. The molecule has 2 aliphatic carbocycles. The number of anilines is 2. The van der Waals surface area contributed by atoms with Crippen LogP contribution in [0.1, 0.15) is 57.2 Å². The van der Waals surface area contributed by atoms with Crippen LogP contribution in [0, 0.1) is 5.92 Å². The topological polar surface area (TPSA) is 140 Å². The Bertz CT molecular complexity index is 1170. The van der Waals surface area contributed by atoms with Crippen molar-refractivity contribution in [1.29, 1.82) is 0 Å². The fourth-order valence-corrected chi connectivity index (χ4v) is 5.34. The van der Waals surface area contributed by atoms with Crippen LogP contribution in [0.2, 0.25) is 0 Å². The van der Waals surface area contributed by atoms with Gasteiger partial charge in [0, 0.05) is 18.0 Å². The predicted molar refractivity (Wildman–Crippen MR) is 130 cm³/mol. The molecular formula is C24H32N4O6S. The Morgan fingerprint density at radius 2 is 1.86 bits per heavy atom. The lowest BCUT2D eigenvalue weighted by Gasteiger charge is -2.19. The fourth-order valence-electron chi connectivity index (χ4n) is 4.54. The Hall–Kier alpha value is -2.76. The number of rotatable bonds is 7. The molecule has 0 saturated heterocycles. The molecule has 190 valence electrons. The highest BCUT2D eigenvalue weighted by Gasteiger charge is 2.37. The van der Waals surface area contributed by atoms with Gasteiger partial charge in [-0.25, -0.2) is 14.8 Å². The van der Waals surface area contributed by atoms with E-state index < -0.39 is 33.0 Å². The minimum Gasteiger partial charge on any atom is -0.447 e. The molecule has 2 aromatic rings. The molecule has 2 aliphatic rings. The zero-order valence-corrected chi connectivity index (χ0v) is 20.9.